The Kier molecular flexibility index (Phi) is 5.52. The van der Waals surface area contributed by atoms with Crippen molar-refractivity contribution in [2.45, 2.75) is 19.6 Å². The van der Waals surface area contributed by atoms with Gasteiger partial charge in [0.25, 0.3) is 5.89 Å². The highest BCUT2D eigenvalue weighted by Crippen LogP contribution is 2.22. The van der Waals surface area contributed by atoms with Gasteiger partial charge in [0.15, 0.2) is 5.82 Å². The molecule has 132 valence electrons. The van der Waals surface area contributed by atoms with Crippen molar-refractivity contribution in [3.8, 4) is 0 Å². The van der Waals surface area contributed by atoms with Crippen molar-refractivity contribution >= 4 is 12.0 Å². The van der Waals surface area contributed by atoms with Gasteiger partial charge in [-0.25, -0.2) is 0 Å². The van der Waals surface area contributed by atoms with Crippen LogP contribution in [0.5, 0.6) is 0 Å². The largest absolute Gasteiger partial charge is 0.377 e. The zero-order chi connectivity index (χ0) is 17.6. The predicted molar refractivity (Wildman–Crippen MR) is 88.3 cm³/mol. The molecule has 3 heterocycles. The molecule has 8 heteroatoms. The van der Waals surface area contributed by atoms with Crippen molar-refractivity contribution in [3.63, 3.8) is 0 Å². The zero-order valence-electron chi connectivity index (χ0n) is 14.2. The third-order valence-corrected chi connectivity index (χ3v) is 3.89. The molecular formula is C17H20N4O4. The molecule has 0 spiro atoms. The Hall–Kier alpha value is -2.58. The van der Waals surface area contributed by atoms with Crippen molar-refractivity contribution in [2.75, 3.05) is 26.9 Å². The molecule has 0 bridgehead atoms. The molecule has 8 nitrogen and oxygen atoms in total. The number of hydrogen-bond acceptors (Lipinski definition) is 7. The lowest BCUT2D eigenvalue weighted by Crippen LogP contribution is -2.43. The zero-order valence-corrected chi connectivity index (χ0v) is 14.2. The average molecular weight is 344 g/mol. The molecule has 1 atom stereocenters. The summed E-state index contributed by atoms with van der Waals surface area (Å²) >= 11 is 0. The van der Waals surface area contributed by atoms with Gasteiger partial charge in [0.05, 0.1) is 18.9 Å². The summed E-state index contributed by atoms with van der Waals surface area (Å²) in [5, 5.41) is 3.95. The monoisotopic (exact) mass is 344 g/mol. The highest BCUT2D eigenvalue weighted by atomic mass is 16.5. The van der Waals surface area contributed by atoms with E-state index >= 15 is 0 Å². The van der Waals surface area contributed by atoms with Crippen molar-refractivity contribution in [1.29, 1.82) is 0 Å². The number of pyridine rings is 1. The van der Waals surface area contributed by atoms with Crippen LogP contribution in [0, 0.1) is 6.92 Å². The molecule has 0 saturated carbocycles. The Balaban J connectivity index is 1.75. The molecular weight excluding hydrogens is 324 g/mol. The minimum absolute atomic E-state index is 0.142. The van der Waals surface area contributed by atoms with E-state index < -0.39 is 0 Å². The summed E-state index contributed by atoms with van der Waals surface area (Å²) in [5.41, 5.74) is 1.77. The third kappa shape index (κ3) is 4.09. The SMILES string of the molecule is COCc1nc(C2COCCN2C(=O)/C=C/c2ncccc2C)no1. The minimum atomic E-state index is -0.384. The lowest BCUT2D eigenvalue weighted by Gasteiger charge is -2.32. The van der Waals surface area contributed by atoms with Crippen LogP contribution in [0.1, 0.15) is 29.0 Å². The van der Waals surface area contributed by atoms with Gasteiger partial charge >= 0.3 is 0 Å². The summed E-state index contributed by atoms with van der Waals surface area (Å²) in [6, 6.07) is 3.43. The van der Waals surface area contributed by atoms with Crippen LogP contribution in [0.25, 0.3) is 6.08 Å². The van der Waals surface area contributed by atoms with Crippen molar-refractivity contribution < 1.29 is 18.8 Å². The Morgan fingerprint density at radius 2 is 2.40 bits per heavy atom. The van der Waals surface area contributed by atoms with E-state index in [-0.39, 0.29) is 18.6 Å². The van der Waals surface area contributed by atoms with Crippen LogP contribution in [0.2, 0.25) is 0 Å². The van der Waals surface area contributed by atoms with E-state index in [1.165, 1.54) is 6.08 Å². The van der Waals surface area contributed by atoms with Gasteiger partial charge in [0, 0.05) is 25.9 Å². The first kappa shape index (κ1) is 17.2. The Bertz CT molecular complexity index is 759. The molecule has 0 N–H and O–H groups in total. The van der Waals surface area contributed by atoms with Gasteiger partial charge in [0.2, 0.25) is 5.91 Å². The Morgan fingerprint density at radius 1 is 1.52 bits per heavy atom. The maximum atomic E-state index is 12.6. The van der Waals surface area contributed by atoms with Crippen molar-refractivity contribution in [3.05, 3.63) is 47.4 Å². The van der Waals surface area contributed by atoms with Crippen LogP contribution < -0.4 is 0 Å². The molecule has 2 aromatic heterocycles. The summed E-state index contributed by atoms with van der Waals surface area (Å²) in [5.74, 6) is 0.647. The third-order valence-electron chi connectivity index (χ3n) is 3.89. The van der Waals surface area contributed by atoms with Crippen LogP contribution in [0.3, 0.4) is 0 Å². The molecule has 0 aromatic carbocycles. The molecule has 0 aliphatic carbocycles. The van der Waals surface area contributed by atoms with E-state index in [0.717, 1.165) is 11.3 Å². The number of morpholine rings is 1. The second kappa shape index (κ2) is 8.00. The normalized spacial score (nSPS) is 18.0. The molecule has 1 amide bonds. The van der Waals surface area contributed by atoms with Crippen LogP contribution >= 0.6 is 0 Å². The highest BCUT2D eigenvalue weighted by Gasteiger charge is 2.31. The Labute approximate surface area is 145 Å². The predicted octanol–water partition coefficient (Wildman–Crippen LogP) is 1.53. The quantitative estimate of drug-likeness (QED) is 0.760. The first-order valence-corrected chi connectivity index (χ1v) is 7.98. The maximum Gasteiger partial charge on any atom is 0.252 e. The summed E-state index contributed by atoms with van der Waals surface area (Å²) in [6.07, 6.45) is 4.94. The van der Waals surface area contributed by atoms with Gasteiger partial charge in [0.1, 0.15) is 12.6 Å². The van der Waals surface area contributed by atoms with E-state index in [0.29, 0.717) is 31.5 Å². The second-order valence-electron chi connectivity index (χ2n) is 5.64. The molecule has 1 aliphatic heterocycles. The summed E-state index contributed by atoms with van der Waals surface area (Å²) < 4.78 is 15.6. The smallest absolute Gasteiger partial charge is 0.252 e. The first-order chi connectivity index (χ1) is 12.2. The number of aromatic nitrogens is 3. The van der Waals surface area contributed by atoms with E-state index in [1.54, 1.807) is 24.3 Å². The lowest BCUT2D eigenvalue weighted by molar-refractivity contribution is -0.135. The van der Waals surface area contributed by atoms with Gasteiger partial charge < -0.3 is 18.9 Å². The van der Waals surface area contributed by atoms with Crippen LogP contribution in [0.4, 0.5) is 0 Å². The van der Waals surface area contributed by atoms with Gasteiger partial charge in [-0.15, -0.1) is 0 Å². The average Bonchev–Trinajstić information content (AvgIpc) is 3.10. The summed E-state index contributed by atoms with van der Waals surface area (Å²) in [4.78, 5) is 22.9. The van der Waals surface area contributed by atoms with Crippen LogP contribution in [0.15, 0.2) is 28.9 Å². The standard InChI is InChI=1S/C17H20N4O4/c1-12-4-3-7-18-13(12)5-6-16(22)21-8-9-24-10-14(21)17-19-15(11-23-2)25-20-17/h3-7,14H,8-11H2,1-2H3/b6-5+. The number of carbonyl (C=O) groups is 1. The van der Waals surface area contributed by atoms with Crippen molar-refractivity contribution in [1.82, 2.24) is 20.0 Å². The molecule has 1 unspecified atom stereocenters. The maximum absolute atomic E-state index is 12.6. The topological polar surface area (TPSA) is 90.6 Å². The molecule has 1 saturated heterocycles. The molecule has 1 fully saturated rings. The van der Waals surface area contributed by atoms with Crippen LogP contribution in [-0.2, 0) is 20.9 Å². The van der Waals surface area contributed by atoms with E-state index in [1.807, 2.05) is 19.1 Å². The minimum Gasteiger partial charge on any atom is -0.377 e. The molecule has 1 aliphatic rings. The number of rotatable bonds is 5. The van der Waals surface area contributed by atoms with Crippen molar-refractivity contribution in [2.24, 2.45) is 0 Å². The van der Waals surface area contributed by atoms with Gasteiger partial charge in [-0.2, -0.15) is 4.98 Å². The second-order valence-corrected chi connectivity index (χ2v) is 5.64. The van der Waals surface area contributed by atoms with Gasteiger partial charge in [-0.1, -0.05) is 11.2 Å². The van der Waals surface area contributed by atoms with E-state index in [2.05, 4.69) is 15.1 Å². The fourth-order valence-corrected chi connectivity index (χ4v) is 2.59. The fraction of sp³-hybridized carbons (Fsp3) is 0.412. The first-order valence-electron chi connectivity index (χ1n) is 7.98. The lowest BCUT2D eigenvalue weighted by atomic mass is 10.2. The highest BCUT2D eigenvalue weighted by molar-refractivity contribution is 5.92. The molecule has 25 heavy (non-hydrogen) atoms. The number of amides is 1. The fourth-order valence-electron chi connectivity index (χ4n) is 2.59. The summed E-state index contributed by atoms with van der Waals surface area (Å²) in [7, 11) is 1.55. The summed E-state index contributed by atoms with van der Waals surface area (Å²) in [6.45, 7) is 3.44. The van der Waals surface area contributed by atoms with Crippen LogP contribution in [-0.4, -0.2) is 52.8 Å². The molecule has 3 rings (SSSR count). The number of nitrogens with zero attached hydrogens (tertiary/aromatic N) is 4. The number of hydrogen-bond donors (Lipinski definition) is 0. The van der Waals surface area contributed by atoms with E-state index in [9.17, 15) is 4.79 Å². The number of ether oxygens (including phenoxy) is 2. The number of carbonyl (C=O) groups excluding carboxylic acids is 1. The number of methoxy groups -OCH3 is 1. The molecule has 0 radical (unpaired) electrons. The van der Waals surface area contributed by atoms with E-state index in [4.69, 9.17) is 14.0 Å². The van der Waals surface area contributed by atoms with Gasteiger partial charge in [-0.3, -0.25) is 9.78 Å². The van der Waals surface area contributed by atoms with Gasteiger partial charge in [-0.05, 0) is 24.6 Å². The molecule has 2 aromatic rings. The number of aryl methyl sites for hydroxylation is 1. The Morgan fingerprint density at radius 3 is 3.20 bits per heavy atom.